The summed E-state index contributed by atoms with van der Waals surface area (Å²) in [6.45, 7) is 3.88. The van der Waals surface area contributed by atoms with Crippen molar-refractivity contribution in [2.24, 2.45) is 0 Å². The van der Waals surface area contributed by atoms with E-state index >= 15 is 0 Å². The van der Waals surface area contributed by atoms with Crippen molar-refractivity contribution < 1.29 is 9.53 Å². The van der Waals surface area contributed by atoms with Crippen LogP contribution in [0, 0.1) is 0 Å². The molecule has 0 aliphatic heterocycles. The molecule has 0 saturated heterocycles. The molecule has 0 N–H and O–H groups in total. The molecule has 0 heterocycles. The standard InChI is InChI=1S/C20H33ClO2/c1-3-4-5-6-7-8-9-10-11-12-13-14-15-16-17-18-20(22)23-19(2)21/h7-8,10-11,13-14,19H,3-6,9,12,15-18H2,1-2H3/b8-7-,11-10-,14-13-. The van der Waals surface area contributed by atoms with Gasteiger partial charge in [0.25, 0.3) is 0 Å². The molecular formula is C20H33ClO2. The number of allylic oxidation sites excluding steroid dienone is 6. The van der Waals surface area contributed by atoms with E-state index in [9.17, 15) is 4.79 Å². The molecule has 0 radical (unpaired) electrons. The third-order valence-electron chi connectivity index (χ3n) is 3.31. The molecule has 0 spiro atoms. The Balaban J connectivity index is 3.40. The Labute approximate surface area is 147 Å². The van der Waals surface area contributed by atoms with Crippen LogP contribution in [-0.4, -0.2) is 11.5 Å². The van der Waals surface area contributed by atoms with Crippen LogP contribution in [0.3, 0.4) is 0 Å². The minimum Gasteiger partial charge on any atom is -0.446 e. The molecule has 3 heteroatoms. The minimum absolute atomic E-state index is 0.206. The van der Waals surface area contributed by atoms with Crippen molar-refractivity contribution >= 4 is 17.6 Å². The molecule has 23 heavy (non-hydrogen) atoms. The second-order valence-electron chi connectivity index (χ2n) is 5.66. The molecule has 0 aromatic carbocycles. The number of carbonyl (C=O) groups is 1. The van der Waals surface area contributed by atoms with Gasteiger partial charge in [0, 0.05) is 6.42 Å². The number of ether oxygens (including phenoxy) is 1. The lowest BCUT2D eigenvalue weighted by Gasteiger charge is -2.04. The van der Waals surface area contributed by atoms with Crippen molar-refractivity contribution in [1.82, 2.24) is 0 Å². The number of unbranched alkanes of at least 4 members (excludes halogenated alkanes) is 5. The number of carbonyl (C=O) groups excluding carboxylic acids is 1. The van der Waals surface area contributed by atoms with E-state index in [4.69, 9.17) is 16.3 Å². The Morgan fingerprint density at radius 1 is 0.913 bits per heavy atom. The highest BCUT2D eigenvalue weighted by atomic mass is 35.5. The highest BCUT2D eigenvalue weighted by molar-refractivity contribution is 6.19. The fourth-order valence-electron chi connectivity index (χ4n) is 2.06. The molecule has 1 atom stereocenters. The predicted octanol–water partition coefficient (Wildman–Crippen LogP) is 6.70. The van der Waals surface area contributed by atoms with Gasteiger partial charge >= 0.3 is 5.97 Å². The third kappa shape index (κ3) is 18.9. The van der Waals surface area contributed by atoms with Crippen LogP contribution in [-0.2, 0) is 9.53 Å². The molecule has 2 nitrogen and oxygen atoms in total. The zero-order valence-electron chi connectivity index (χ0n) is 14.8. The number of rotatable bonds is 14. The normalized spacial score (nSPS) is 13.3. The molecule has 0 rings (SSSR count). The zero-order chi connectivity index (χ0) is 17.2. The Hall–Kier alpha value is -1.02. The molecule has 0 amide bonds. The van der Waals surface area contributed by atoms with E-state index in [1.807, 2.05) is 0 Å². The maximum absolute atomic E-state index is 11.2. The predicted molar refractivity (Wildman–Crippen MR) is 101 cm³/mol. The lowest BCUT2D eigenvalue weighted by Crippen LogP contribution is -2.08. The minimum atomic E-state index is -0.527. The molecule has 0 saturated carbocycles. The molecule has 0 bridgehead atoms. The van der Waals surface area contributed by atoms with Gasteiger partial charge in [0.1, 0.15) is 0 Å². The first-order valence-electron chi connectivity index (χ1n) is 8.95. The summed E-state index contributed by atoms with van der Waals surface area (Å²) < 4.78 is 4.86. The van der Waals surface area contributed by atoms with E-state index in [1.165, 1.54) is 25.7 Å². The molecule has 0 aliphatic rings. The zero-order valence-corrected chi connectivity index (χ0v) is 15.6. The first kappa shape index (κ1) is 22.0. The average Bonchev–Trinajstić information content (AvgIpc) is 2.50. The van der Waals surface area contributed by atoms with Crippen LogP contribution in [0.5, 0.6) is 0 Å². The highest BCUT2D eigenvalue weighted by Gasteiger charge is 2.04. The smallest absolute Gasteiger partial charge is 0.307 e. The molecule has 1 unspecified atom stereocenters. The quantitative estimate of drug-likeness (QED) is 0.152. The fourth-order valence-corrected chi connectivity index (χ4v) is 2.16. The van der Waals surface area contributed by atoms with E-state index in [-0.39, 0.29) is 5.97 Å². The second-order valence-corrected chi connectivity index (χ2v) is 6.27. The van der Waals surface area contributed by atoms with Crippen molar-refractivity contribution in [2.45, 2.75) is 83.6 Å². The summed E-state index contributed by atoms with van der Waals surface area (Å²) in [6, 6.07) is 0. The summed E-state index contributed by atoms with van der Waals surface area (Å²) in [5, 5.41) is 0. The first-order chi connectivity index (χ1) is 11.2. The third-order valence-corrected chi connectivity index (χ3v) is 3.40. The SMILES string of the molecule is CCCCC/C=C\C/C=C\C/C=C\CCCCC(=O)OC(C)Cl. The Morgan fingerprint density at radius 2 is 1.43 bits per heavy atom. The summed E-state index contributed by atoms with van der Waals surface area (Å²) in [4.78, 5) is 11.2. The van der Waals surface area contributed by atoms with Crippen molar-refractivity contribution in [3.63, 3.8) is 0 Å². The van der Waals surface area contributed by atoms with Gasteiger partial charge in [0.2, 0.25) is 0 Å². The van der Waals surface area contributed by atoms with Crippen LogP contribution in [0.1, 0.15) is 78.1 Å². The molecule has 0 aromatic heterocycles. The van der Waals surface area contributed by atoms with Crippen molar-refractivity contribution in [3.8, 4) is 0 Å². The van der Waals surface area contributed by atoms with Crippen LogP contribution in [0.2, 0.25) is 0 Å². The van der Waals surface area contributed by atoms with E-state index < -0.39 is 5.56 Å². The van der Waals surface area contributed by atoms with E-state index in [0.717, 1.165) is 32.1 Å². The lowest BCUT2D eigenvalue weighted by atomic mass is 10.1. The summed E-state index contributed by atoms with van der Waals surface area (Å²) in [5.74, 6) is -0.206. The van der Waals surface area contributed by atoms with Gasteiger partial charge in [-0.25, -0.2) is 0 Å². The van der Waals surface area contributed by atoms with Gasteiger partial charge in [-0.3, -0.25) is 4.79 Å². The van der Waals surface area contributed by atoms with E-state index in [1.54, 1.807) is 6.92 Å². The lowest BCUT2D eigenvalue weighted by molar-refractivity contribution is -0.144. The number of halogens is 1. The Bertz CT molecular complexity index is 357. The fraction of sp³-hybridized carbons (Fsp3) is 0.650. The molecule has 0 fully saturated rings. The molecule has 0 aromatic rings. The van der Waals surface area contributed by atoms with Gasteiger partial charge in [-0.1, -0.05) is 67.8 Å². The van der Waals surface area contributed by atoms with Gasteiger partial charge in [-0.05, 0) is 51.9 Å². The summed E-state index contributed by atoms with van der Waals surface area (Å²) in [5.41, 5.74) is -0.527. The molecule has 0 aliphatic carbocycles. The summed E-state index contributed by atoms with van der Waals surface area (Å²) in [7, 11) is 0. The van der Waals surface area contributed by atoms with Crippen molar-refractivity contribution in [2.75, 3.05) is 0 Å². The molecular weight excluding hydrogens is 308 g/mol. The molecule has 132 valence electrons. The highest BCUT2D eigenvalue weighted by Crippen LogP contribution is 2.06. The maximum atomic E-state index is 11.2. The van der Waals surface area contributed by atoms with Gasteiger partial charge in [-0.15, -0.1) is 0 Å². The summed E-state index contributed by atoms with van der Waals surface area (Å²) in [6.07, 6.45) is 23.8. The van der Waals surface area contributed by atoms with Crippen molar-refractivity contribution in [1.29, 1.82) is 0 Å². The number of alkyl halides is 1. The van der Waals surface area contributed by atoms with Gasteiger partial charge < -0.3 is 4.74 Å². The number of esters is 1. The van der Waals surface area contributed by atoms with E-state index in [0.29, 0.717) is 6.42 Å². The largest absolute Gasteiger partial charge is 0.446 e. The maximum Gasteiger partial charge on any atom is 0.307 e. The van der Waals surface area contributed by atoms with Crippen LogP contribution in [0.4, 0.5) is 0 Å². The van der Waals surface area contributed by atoms with Crippen LogP contribution in [0.25, 0.3) is 0 Å². The monoisotopic (exact) mass is 340 g/mol. The van der Waals surface area contributed by atoms with Crippen LogP contribution >= 0.6 is 11.6 Å². The Morgan fingerprint density at radius 3 is 1.96 bits per heavy atom. The van der Waals surface area contributed by atoms with Crippen LogP contribution < -0.4 is 0 Å². The first-order valence-corrected chi connectivity index (χ1v) is 9.39. The topological polar surface area (TPSA) is 26.3 Å². The Kier molecular flexibility index (Phi) is 16.6. The van der Waals surface area contributed by atoms with Crippen molar-refractivity contribution in [3.05, 3.63) is 36.5 Å². The summed E-state index contributed by atoms with van der Waals surface area (Å²) >= 11 is 5.58. The van der Waals surface area contributed by atoms with E-state index in [2.05, 4.69) is 43.4 Å². The van der Waals surface area contributed by atoms with Gasteiger partial charge in [0.15, 0.2) is 5.56 Å². The van der Waals surface area contributed by atoms with Gasteiger partial charge in [0.05, 0.1) is 0 Å². The van der Waals surface area contributed by atoms with Gasteiger partial charge in [-0.2, -0.15) is 0 Å². The van der Waals surface area contributed by atoms with Crippen LogP contribution in [0.15, 0.2) is 36.5 Å². The number of hydrogen-bond acceptors (Lipinski definition) is 2. The average molecular weight is 341 g/mol. The second kappa shape index (κ2) is 17.3. The number of hydrogen-bond donors (Lipinski definition) is 0.